The summed E-state index contributed by atoms with van der Waals surface area (Å²) < 4.78 is 13.5. The zero-order valence-electron chi connectivity index (χ0n) is 9.69. The number of anilines is 1. The lowest BCUT2D eigenvalue weighted by atomic mass is 10.1. The van der Waals surface area contributed by atoms with Gasteiger partial charge in [0, 0.05) is 12.2 Å². The van der Waals surface area contributed by atoms with Crippen LogP contribution in [0.25, 0.3) is 0 Å². The highest BCUT2D eigenvalue weighted by atomic mass is 19.1. The summed E-state index contributed by atoms with van der Waals surface area (Å²) in [6.45, 7) is 0.365. The van der Waals surface area contributed by atoms with Crippen LogP contribution in [0.1, 0.15) is 15.9 Å². The number of nitrogens with two attached hydrogens (primary N) is 1. The molecule has 0 aliphatic heterocycles. The molecule has 0 aliphatic carbocycles. The summed E-state index contributed by atoms with van der Waals surface area (Å²) in [6, 6.07) is 13.4. The zero-order chi connectivity index (χ0) is 13.0. The van der Waals surface area contributed by atoms with Gasteiger partial charge in [0.2, 0.25) is 0 Å². The second kappa shape index (κ2) is 5.31. The van der Waals surface area contributed by atoms with Crippen molar-refractivity contribution in [2.24, 2.45) is 0 Å². The van der Waals surface area contributed by atoms with Crippen LogP contribution in [0.3, 0.4) is 0 Å². The predicted octanol–water partition coefficient (Wildman–Crippen LogP) is 2.34. The van der Waals surface area contributed by atoms with Crippen LogP contribution in [0.4, 0.5) is 10.1 Å². The molecule has 0 saturated heterocycles. The minimum absolute atomic E-state index is 0.000121. The van der Waals surface area contributed by atoms with Crippen LogP contribution in [0.5, 0.6) is 0 Å². The molecule has 2 rings (SSSR count). The van der Waals surface area contributed by atoms with Gasteiger partial charge in [0.25, 0.3) is 5.91 Å². The van der Waals surface area contributed by atoms with E-state index < -0.39 is 11.7 Å². The van der Waals surface area contributed by atoms with Crippen LogP contribution < -0.4 is 11.1 Å². The van der Waals surface area contributed by atoms with Gasteiger partial charge in [-0.2, -0.15) is 0 Å². The Morgan fingerprint density at radius 3 is 2.56 bits per heavy atom. The van der Waals surface area contributed by atoms with Gasteiger partial charge in [0.15, 0.2) is 0 Å². The quantitative estimate of drug-likeness (QED) is 0.814. The third-order valence-corrected chi connectivity index (χ3v) is 2.53. The molecule has 92 valence electrons. The summed E-state index contributed by atoms with van der Waals surface area (Å²) in [5.41, 5.74) is 6.68. The Kier molecular flexibility index (Phi) is 3.57. The summed E-state index contributed by atoms with van der Waals surface area (Å²) in [7, 11) is 0. The average Bonchev–Trinajstić information content (AvgIpc) is 2.37. The van der Waals surface area contributed by atoms with E-state index in [1.54, 1.807) is 0 Å². The Morgan fingerprint density at radius 1 is 1.17 bits per heavy atom. The molecule has 3 nitrogen and oxygen atoms in total. The third-order valence-electron chi connectivity index (χ3n) is 2.53. The number of benzene rings is 2. The molecule has 0 fully saturated rings. The molecule has 0 radical (unpaired) electrons. The molecule has 2 aromatic rings. The number of carbonyl (C=O) groups is 1. The van der Waals surface area contributed by atoms with Gasteiger partial charge in [-0.25, -0.2) is 4.39 Å². The van der Waals surface area contributed by atoms with Gasteiger partial charge < -0.3 is 11.1 Å². The molecule has 4 heteroatoms. The van der Waals surface area contributed by atoms with Crippen LogP contribution in [-0.2, 0) is 6.54 Å². The maximum atomic E-state index is 13.5. The third kappa shape index (κ3) is 2.85. The van der Waals surface area contributed by atoms with E-state index in [0.29, 0.717) is 12.2 Å². The first-order chi connectivity index (χ1) is 8.66. The number of hydrogen-bond acceptors (Lipinski definition) is 2. The normalized spacial score (nSPS) is 10.1. The van der Waals surface area contributed by atoms with E-state index in [-0.39, 0.29) is 5.56 Å². The number of nitrogens with one attached hydrogen (secondary N) is 1. The topological polar surface area (TPSA) is 55.1 Å². The number of rotatable bonds is 3. The van der Waals surface area contributed by atoms with Crippen molar-refractivity contribution in [3.05, 3.63) is 65.5 Å². The highest BCUT2D eigenvalue weighted by Crippen LogP contribution is 2.11. The highest BCUT2D eigenvalue weighted by Gasteiger charge is 2.11. The average molecular weight is 244 g/mol. The number of halogens is 1. The van der Waals surface area contributed by atoms with Gasteiger partial charge >= 0.3 is 0 Å². The van der Waals surface area contributed by atoms with E-state index in [2.05, 4.69) is 5.32 Å². The summed E-state index contributed by atoms with van der Waals surface area (Å²) in [6.07, 6.45) is 0. The summed E-state index contributed by atoms with van der Waals surface area (Å²) in [5, 5.41) is 2.66. The number of amides is 1. The Morgan fingerprint density at radius 2 is 1.89 bits per heavy atom. The molecule has 0 aromatic heterocycles. The summed E-state index contributed by atoms with van der Waals surface area (Å²) in [5.74, 6) is -1.06. The number of carbonyl (C=O) groups excluding carboxylic acids is 1. The zero-order valence-corrected chi connectivity index (χ0v) is 9.69. The van der Waals surface area contributed by atoms with Crippen LogP contribution >= 0.6 is 0 Å². The van der Waals surface area contributed by atoms with Crippen LogP contribution in [0.15, 0.2) is 48.5 Å². The Balaban J connectivity index is 2.04. The smallest absolute Gasteiger partial charge is 0.254 e. The molecule has 0 bridgehead atoms. The van der Waals surface area contributed by atoms with Crippen LogP contribution in [-0.4, -0.2) is 5.91 Å². The van der Waals surface area contributed by atoms with E-state index in [1.807, 2.05) is 30.3 Å². The molecule has 0 unspecified atom stereocenters. The standard InChI is InChI=1S/C14H13FN2O/c15-13-8-11(16)6-7-12(13)14(18)17-9-10-4-2-1-3-5-10/h1-8H,9,16H2,(H,17,18). The van der Waals surface area contributed by atoms with E-state index in [0.717, 1.165) is 11.6 Å². The van der Waals surface area contributed by atoms with Crippen molar-refractivity contribution in [1.29, 1.82) is 0 Å². The molecular weight excluding hydrogens is 231 g/mol. The van der Waals surface area contributed by atoms with E-state index in [4.69, 9.17) is 5.73 Å². The van der Waals surface area contributed by atoms with Crippen molar-refractivity contribution in [3.63, 3.8) is 0 Å². The highest BCUT2D eigenvalue weighted by molar-refractivity contribution is 5.94. The minimum atomic E-state index is -0.611. The summed E-state index contributed by atoms with van der Waals surface area (Å²) in [4.78, 5) is 11.8. The first-order valence-electron chi connectivity index (χ1n) is 5.54. The molecule has 18 heavy (non-hydrogen) atoms. The van der Waals surface area contributed by atoms with Crippen molar-refractivity contribution in [2.75, 3.05) is 5.73 Å². The van der Waals surface area contributed by atoms with Gasteiger partial charge in [-0.15, -0.1) is 0 Å². The van der Waals surface area contributed by atoms with Gasteiger partial charge in [0.1, 0.15) is 5.82 Å². The van der Waals surface area contributed by atoms with Crippen molar-refractivity contribution >= 4 is 11.6 Å². The van der Waals surface area contributed by atoms with E-state index >= 15 is 0 Å². The molecule has 2 aromatic carbocycles. The first-order valence-corrected chi connectivity index (χ1v) is 5.54. The molecule has 0 atom stereocenters. The van der Waals surface area contributed by atoms with E-state index in [1.165, 1.54) is 12.1 Å². The lowest BCUT2D eigenvalue weighted by Crippen LogP contribution is -2.23. The Labute approximate surface area is 104 Å². The predicted molar refractivity (Wildman–Crippen MR) is 68.4 cm³/mol. The Bertz CT molecular complexity index is 555. The monoisotopic (exact) mass is 244 g/mol. The fourth-order valence-electron chi connectivity index (χ4n) is 1.59. The second-order valence-electron chi connectivity index (χ2n) is 3.91. The Hall–Kier alpha value is -2.36. The fourth-order valence-corrected chi connectivity index (χ4v) is 1.59. The lowest BCUT2D eigenvalue weighted by Gasteiger charge is -2.06. The van der Waals surface area contributed by atoms with Gasteiger partial charge in [-0.3, -0.25) is 4.79 Å². The molecule has 3 N–H and O–H groups in total. The van der Waals surface area contributed by atoms with Gasteiger partial charge in [-0.1, -0.05) is 30.3 Å². The SMILES string of the molecule is Nc1ccc(C(=O)NCc2ccccc2)c(F)c1. The first kappa shape index (κ1) is 12.1. The molecule has 0 spiro atoms. The van der Waals surface area contributed by atoms with E-state index in [9.17, 15) is 9.18 Å². The maximum Gasteiger partial charge on any atom is 0.254 e. The molecule has 0 heterocycles. The molecule has 1 amide bonds. The van der Waals surface area contributed by atoms with Crippen molar-refractivity contribution in [3.8, 4) is 0 Å². The van der Waals surface area contributed by atoms with Crippen molar-refractivity contribution in [2.45, 2.75) is 6.54 Å². The van der Waals surface area contributed by atoms with Gasteiger partial charge in [-0.05, 0) is 23.8 Å². The number of nitrogen functional groups attached to an aromatic ring is 1. The maximum absolute atomic E-state index is 13.5. The van der Waals surface area contributed by atoms with Crippen LogP contribution in [0.2, 0.25) is 0 Å². The number of hydrogen-bond donors (Lipinski definition) is 2. The largest absolute Gasteiger partial charge is 0.399 e. The van der Waals surface area contributed by atoms with Crippen molar-refractivity contribution < 1.29 is 9.18 Å². The second-order valence-corrected chi connectivity index (χ2v) is 3.91. The lowest BCUT2D eigenvalue weighted by molar-refractivity contribution is 0.0947. The molecular formula is C14H13FN2O. The van der Waals surface area contributed by atoms with Crippen LogP contribution in [0, 0.1) is 5.82 Å². The minimum Gasteiger partial charge on any atom is -0.399 e. The van der Waals surface area contributed by atoms with Gasteiger partial charge in [0.05, 0.1) is 5.56 Å². The summed E-state index contributed by atoms with van der Waals surface area (Å²) >= 11 is 0. The molecule has 0 saturated carbocycles. The fraction of sp³-hybridized carbons (Fsp3) is 0.0714. The van der Waals surface area contributed by atoms with Crippen molar-refractivity contribution in [1.82, 2.24) is 5.32 Å². The molecule has 0 aliphatic rings.